The molecule has 96 valence electrons. The summed E-state index contributed by atoms with van der Waals surface area (Å²) in [6, 6.07) is 4.94. The van der Waals surface area contributed by atoms with Gasteiger partial charge in [-0.2, -0.15) is 0 Å². The van der Waals surface area contributed by atoms with Gasteiger partial charge in [0.2, 0.25) is 0 Å². The van der Waals surface area contributed by atoms with Crippen LogP contribution in [-0.2, 0) is 11.3 Å². The molecule has 4 heteroatoms. The Balaban J connectivity index is 2.57. The molecule has 1 aromatic carbocycles. The molecule has 0 spiro atoms. The number of rotatable bonds is 7. The highest BCUT2D eigenvalue weighted by atomic mass is 19.1. The quantitative estimate of drug-likeness (QED) is 0.587. The molecule has 0 aromatic heterocycles. The third kappa shape index (κ3) is 4.32. The number of benzene rings is 1. The maximum absolute atomic E-state index is 13.3. The molecule has 1 rings (SSSR count). The van der Waals surface area contributed by atoms with Gasteiger partial charge in [0.15, 0.2) is 0 Å². The Labute approximate surface area is 102 Å². The fourth-order valence-electron chi connectivity index (χ4n) is 1.65. The van der Waals surface area contributed by atoms with E-state index >= 15 is 0 Å². The first kappa shape index (κ1) is 13.9. The Bertz CT molecular complexity index is 344. The van der Waals surface area contributed by atoms with Crippen LogP contribution in [0.4, 0.5) is 10.1 Å². The molecular weight excluding hydrogens is 219 g/mol. The number of para-hydroxylation sites is 1. The van der Waals surface area contributed by atoms with Crippen molar-refractivity contribution in [1.29, 1.82) is 0 Å². The Morgan fingerprint density at radius 3 is 2.76 bits per heavy atom. The van der Waals surface area contributed by atoms with Gasteiger partial charge in [-0.1, -0.05) is 19.1 Å². The van der Waals surface area contributed by atoms with E-state index < -0.39 is 0 Å². The maximum atomic E-state index is 13.3. The summed E-state index contributed by atoms with van der Waals surface area (Å²) in [5.41, 5.74) is 6.80. The number of nitrogen functional groups attached to an aromatic ring is 1. The predicted octanol–water partition coefficient (Wildman–Crippen LogP) is 2.27. The average Bonchev–Trinajstić information content (AvgIpc) is 2.33. The monoisotopic (exact) mass is 240 g/mol. The predicted molar refractivity (Wildman–Crippen MR) is 68.3 cm³/mol. The zero-order valence-electron chi connectivity index (χ0n) is 10.6. The van der Waals surface area contributed by atoms with Crippen LogP contribution >= 0.6 is 0 Å². The standard InChI is InChI=1S/C13H21FN2O/c1-3-16(8-9-17-4-2)10-11-6-5-7-12(14)13(11)15/h5-7H,3-4,8-10,15H2,1-2H3. The molecule has 17 heavy (non-hydrogen) atoms. The first-order chi connectivity index (χ1) is 8.19. The summed E-state index contributed by atoms with van der Waals surface area (Å²) >= 11 is 0. The minimum Gasteiger partial charge on any atom is -0.396 e. The van der Waals surface area contributed by atoms with Crippen LogP contribution in [0, 0.1) is 5.82 Å². The maximum Gasteiger partial charge on any atom is 0.146 e. The third-order valence-electron chi connectivity index (χ3n) is 2.74. The molecule has 0 radical (unpaired) electrons. The summed E-state index contributed by atoms with van der Waals surface area (Å²) in [7, 11) is 0. The second-order valence-corrected chi connectivity index (χ2v) is 3.88. The van der Waals surface area contributed by atoms with Gasteiger partial charge in [-0.3, -0.25) is 4.90 Å². The van der Waals surface area contributed by atoms with Crippen LogP contribution < -0.4 is 5.73 Å². The Hall–Kier alpha value is -1.13. The van der Waals surface area contributed by atoms with Crippen molar-refractivity contribution in [3.8, 4) is 0 Å². The van der Waals surface area contributed by atoms with Crippen LogP contribution in [0.1, 0.15) is 19.4 Å². The molecule has 2 N–H and O–H groups in total. The number of ether oxygens (including phenoxy) is 1. The molecule has 0 aliphatic rings. The minimum atomic E-state index is -0.344. The van der Waals surface area contributed by atoms with Gasteiger partial charge in [0.1, 0.15) is 5.82 Å². The molecule has 0 amide bonds. The van der Waals surface area contributed by atoms with Gasteiger partial charge in [0, 0.05) is 19.7 Å². The van der Waals surface area contributed by atoms with Crippen molar-refractivity contribution in [2.75, 3.05) is 32.0 Å². The van der Waals surface area contributed by atoms with Crippen molar-refractivity contribution in [3.05, 3.63) is 29.6 Å². The van der Waals surface area contributed by atoms with Crippen LogP contribution in [0.2, 0.25) is 0 Å². The lowest BCUT2D eigenvalue weighted by atomic mass is 10.1. The summed E-state index contributed by atoms with van der Waals surface area (Å²) in [5.74, 6) is -0.344. The van der Waals surface area contributed by atoms with Gasteiger partial charge in [0.05, 0.1) is 12.3 Å². The van der Waals surface area contributed by atoms with Crippen LogP contribution in [-0.4, -0.2) is 31.2 Å². The highest BCUT2D eigenvalue weighted by molar-refractivity contribution is 5.47. The van der Waals surface area contributed by atoms with E-state index in [0.29, 0.717) is 13.2 Å². The molecule has 0 fully saturated rings. The molecule has 1 aromatic rings. The fraction of sp³-hybridized carbons (Fsp3) is 0.538. The van der Waals surface area contributed by atoms with Crippen molar-refractivity contribution >= 4 is 5.69 Å². The van der Waals surface area contributed by atoms with Gasteiger partial charge < -0.3 is 10.5 Å². The fourth-order valence-corrected chi connectivity index (χ4v) is 1.65. The summed E-state index contributed by atoms with van der Waals surface area (Å²) in [4.78, 5) is 2.18. The van der Waals surface area contributed by atoms with Crippen molar-refractivity contribution in [2.24, 2.45) is 0 Å². The second kappa shape index (κ2) is 7.25. The SMILES string of the molecule is CCOCCN(CC)Cc1cccc(F)c1N. The molecule has 0 heterocycles. The Morgan fingerprint density at radius 1 is 1.35 bits per heavy atom. The highest BCUT2D eigenvalue weighted by Crippen LogP contribution is 2.17. The molecule has 0 bridgehead atoms. The number of nitrogens with zero attached hydrogens (tertiary/aromatic N) is 1. The molecule has 0 aliphatic heterocycles. The summed E-state index contributed by atoms with van der Waals surface area (Å²) in [6.45, 7) is 7.85. The minimum absolute atomic E-state index is 0.252. The van der Waals surface area contributed by atoms with E-state index in [0.717, 1.165) is 25.3 Å². The molecule has 0 saturated carbocycles. The van der Waals surface area contributed by atoms with Crippen molar-refractivity contribution in [1.82, 2.24) is 4.90 Å². The first-order valence-electron chi connectivity index (χ1n) is 6.02. The third-order valence-corrected chi connectivity index (χ3v) is 2.74. The summed E-state index contributed by atoms with van der Waals surface area (Å²) in [6.07, 6.45) is 0. The number of hydrogen-bond acceptors (Lipinski definition) is 3. The number of likely N-dealkylation sites (N-methyl/N-ethyl adjacent to an activating group) is 1. The molecule has 0 unspecified atom stereocenters. The van der Waals surface area contributed by atoms with E-state index in [-0.39, 0.29) is 11.5 Å². The Morgan fingerprint density at radius 2 is 2.12 bits per heavy atom. The zero-order chi connectivity index (χ0) is 12.7. The van der Waals surface area contributed by atoms with Crippen molar-refractivity contribution in [3.63, 3.8) is 0 Å². The first-order valence-corrected chi connectivity index (χ1v) is 6.02. The van der Waals surface area contributed by atoms with Crippen LogP contribution in [0.15, 0.2) is 18.2 Å². The van der Waals surface area contributed by atoms with Crippen LogP contribution in [0.25, 0.3) is 0 Å². The number of hydrogen-bond donors (Lipinski definition) is 1. The molecule has 0 saturated heterocycles. The summed E-state index contributed by atoms with van der Waals surface area (Å²) < 4.78 is 18.6. The lowest BCUT2D eigenvalue weighted by Crippen LogP contribution is -2.27. The largest absolute Gasteiger partial charge is 0.396 e. The van der Waals surface area contributed by atoms with E-state index in [2.05, 4.69) is 11.8 Å². The van der Waals surface area contributed by atoms with E-state index in [4.69, 9.17) is 10.5 Å². The van der Waals surface area contributed by atoms with Gasteiger partial charge in [0.25, 0.3) is 0 Å². The van der Waals surface area contributed by atoms with Gasteiger partial charge in [-0.15, -0.1) is 0 Å². The van der Waals surface area contributed by atoms with Crippen LogP contribution in [0.3, 0.4) is 0 Å². The zero-order valence-corrected chi connectivity index (χ0v) is 10.6. The van der Waals surface area contributed by atoms with E-state index in [1.54, 1.807) is 6.07 Å². The van der Waals surface area contributed by atoms with Gasteiger partial charge >= 0.3 is 0 Å². The number of halogens is 1. The lowest BCUT2D eigenvalue weighted by Gasteiger charge is -2.21. The van der Waals surface area contributed by atoms with Crippen molar-refractivity contribution < 1.29 is 9.13 Å². The number of anilines is 1. The number of nitrogens with two attached hydrogens (primary N) is 1. The second-order valence-electron chi connectivity index (χ2n) is 3.88. The van der Waals surface area contributed by atoms with Gasteiger partial charge in [-0.25, -0.2) is 4.39 Å². The smallest absolute Gasteiger partial charge is 0.146 e. The summed E-state index contributed by atoms with van der Waals surface area (Å²) in [5, 5.41) is 0. The average molecular weight is 240 g/mol. The molecule has 0 aliphatic carbocycles. The van der Waals surface area contributed by atoms with E-state index in [1.165, 1.54) is 6.07 Å². The molecule has 0 atom stereocenters. The highest BCUT2D eigenvalue weighted by Gasteiger charge is 2.08. The lowest BCUT2D eigenvalue weighted by molar-refractivity contribution is 0.113. The van der Waals surface area contributed by atoms with E-state index in [1.807, 2.05) is 13.0 Å². The van der Waals surface area contributed by atoms with Gasteiger partial charge in [-0.05, 0) is 25.1 Å². The Kier molecular flexibility index (Phi) is 5.94. The molecular formula is C13H21FN2O. The van der Waals surface area contributed by atoms with E-state index in [9.17, 15) is 4.39 Å². The van der Waals surface area contributed by atoms with Crippen LogP contribution in [0.5, 0.6) is 0 Å². The molecule has 3 nitrogen and oxygen atoms in total. The van der Waals surface area contributed by atoms with Crippen molar-refractivity contribution in [2.45, 2.75) is 20.4 Å². The normalized spacial score (nSPS) is 11.1. The topological polar surface area (TPSA) is 38.5 Å².